The van der Waals surface area contributed by atoms with Gasteiger partial charge in [-0.25, -0.2) is 0 Å². The van der Waals surface area contributed by atoms with Crippen molar-refractivity contribution in [3.05, 3.63) is 99.5 Å². The quantitative estimate of drug-likeness (QED) is 0.245. The number of amides is 2. The molecule has 0 unspecified atom stereocenters. The Morgan fingerprint density at radius 3 is 2.21 bits per heavy atom. The molecule has 0 saturated carbocycles. The van der Waals surface area contributed by atoms with Crippen LogP contribution in [-0.4, -0.2) is 41.7 Å². The SMILES string of the molecule is CC[C@@H](C)NC(=O)[C@@H](Cc1ccccc1)N(Cc1c(Cl)cccc1Cl)C(=O)CSCc1ccc(OC)cc1. The number of rotatable bonds is 13. The van der Waals surface area contributed by atoms with Crippen LogP contribution < -0.4 is 10.1 Å². The van der Waals surface area contributed by atoms with Gasteiger partial charge in [0.25, 0.3) is 0 Å². The van der Waals surface area contributed by atoms with Crippen molar-refractivity contribution in [2.24, 2.45) is 0 Å². The summed E-state index contributed by atoms with van der Waals surface area (Å²) in [5.74, 6) is 1.29. The molecular formula is C30H34Cl2N2O3S. The third-order valence-electron chi connectivity index (χ3n) is 6.32. The molecule has 0 radical (unpaired) electrons. The first-order valence-electron chi connectivity index (χ1n) is 12.6. The highest BCUT2D eigenvalue weighted by molar-refractivity contribution is 7.99. The number of carbonyl (C=O) groups is 2. The van der Waals surface area contributed by atoms with Gasteiger partial charge in [-0.2, -0.15) is 0 Å². The van der Waals surface area contributed by atoms with Gasteiger partial charge in [-0.3, -0.25) is 9.59 Å². The fourth-order valence-corrected chi connectivity index (χ4v) is 5.30. The summed E-state index contributed by atoms with van der Waals surface area (Å²) < 4.78 is 5.23. The molecule has 0 fully saturated rings. The number of hydrogen-bond acceptors (Lipinski definition) is 4. The number of benzene rings is 3. The molecule has 0 heterocycles. The van der Waals surface area contributed by atoms with Gasteiger partial charge in [0.2, 0.25) is 11.8 Å². The van der Waals surface area contributed by atoms with Gasteiger partial charge in [-0.05, 0) is 48.7 Å². The second kappa shape index (κ2) is 15.1. The van der Waals surface area contributed by atoms with Gasteiger partial charge in [-0.1, -0.05) is 78.7 Å². The Balaban J connectivity index is 1.88. The van der Waals surface area contributed by atoms with Gasteiger partial charge in [0.05, 0.1) is 12.9 Å². The van der Waals surface area contributed by atoms with E-state index in [4.69, 9.17) is 27.9 Å². The van der Waals surface area contributed by atoms with Crippen LogP contribution in [0.15, 0.2) is 72.8 Å². The molecule has 202 valence electrons. The van der Waals surface area contributed by atoms with Crippen LogP contribution in [0.5, 0.6) is 5.75 Å². The van der Waals surface area contributed by atoms with Crippen molar-refractivity contribution in [3.63, 3.8) is 0 Å². The van der Waals surface area contributed by atoms with E-state index in [1.807, 2.05) is 68.4 Å². The topological polar surface area (TPSA) is 58.6 Å². The van der Waals surface area contributed by atoms with E-state index < -0.39 is 6.04 Å². The van der Waals surface area contributed by atoms with Crippen LogP contribution in [0, 0.1) is 0 Å². The average molecular weight is 574 g/mol. The van der Waals surface area contributed by atoms with Crippen molar-refractivity contribution in [2.75, 3.05) is 12.9 Å². The summed E-state index contributed by atoms with van der Waals surface area (Å²) in [6, 6.07) is 22.0. The maximum atomic E-state index is 13.8. The second-order valence-electron chi connectivity index (χ2n) is 9.09. The number of nitrogens with zero attached hydrogens (tertiary/aromatic N) is 1. The lowest BCUT2D eigenvalue weighted by molar-refractivity contribution is -0.139. The van der Waals surface area contributed by atoms with Gasteiger partial charge in [0.15, 0.2) is 0 Å². The molecular weight excluding hydrogens is 539 g/mol. The largest absolute Gasteiger partial charge is 0.497 e. The Hall–Kier alpha value is -2.67. The van der Waals surface area contributed by atoms with Crippen molar-refractivity contribution in [1.29, 1.82) is 0 Å². The highest BCUT2D eigenvalue weighted by Crippen LogP contribution is 2.28. The van der Waals surface area contributed by atoms with Crippen LogP contribution in [0.2, 0.25) is 10.0 Å². The minimum atomic E-state index is -0.729. The molecule has 8 heteroatoms. The lowest BCUT2D eigenvalue weighted by Crippen LogP contribution is -2.52. The van der Waals surface area contributed by atoms with Crippen molar-refractivity contribution in [3.8, 4) is 5.75 Å². The molecule has 0 aromatic heterocycles. The lowest BCUT2D eigenvalue weighted by atomic mass is 10.0. The summed E-state index contributed by atoms with van der Waals surface area (Å²) in [5, 5.41) is 4.00. The fourth-order valence-electron chi connectivity index (χ4n) is 3.91. The number of nitrogens with one attached hydrogen (secondary N) is 1. The highest BCUT2D eigenvalue weighted by atomic mass is 35.5. The summed E-state index contributed by atoms with van der Waals surface area (Å²) in [6.07, 6.45) is 1.16. The molecule has 1 N–H and O–H groups in total. The van der Waals surface area contributed by atoms with Gasteiger partial charge < -0.3 is 15.0 Å². The maximum Gasteiger partial charge on any atom is 0.243 e. The molecule has 3 rings (SSSR count). The minimum Gasteiger partial charge on any atom is -0.497 e. The molecule has 0 saturated heterocycles. The second-order valence-corrected chi connectivity index (χ2v) is 10.9. The van der Waals surface area contributed by atoms with Crippen LogP contribution in [0.1, 0.15) is 37.0 Å². The van der Waals surface area contributed by atoms with Crippen LogP contribution in [0.4, 0.5) is 0 Å². The minimum absolute atomic E-state index is 0.0222. The molecule has 2 atom stereocenters. The van der Waals surface area contributed by atoms with Gasteiger partial charge in [0.1, 0.15) is 11.8 Å². The first-order valence-corrected chi connectivity index (χ1v) is 14.5. The Morgan fingerprint density at radius 2 is 1.61 bits per heavy atom. The highest BCUT2D eigenvalue weighted by Gasteiger charge is 2.31. The van der Waals surface area contributed by atoms with E-state index in [0.29, 0.717) is 27.8 Å². The van der Waals surface area contributed by atoms with Crippen molar-refractivity contribution >= 4 is 46.8 Å². The normalized spacial score (nSPS) is 12.4. The van der Waals surface area contributed by atoms with Crippen LogP contribution in [0.25, 0.3) is 0 Å². The third kappa shape index (κ3) is 8.69. The Bertz CT molecular complexity index is 1170. The maximum absolute atomic E-state index is 13.8. The summed E-state index contributed by atoms with van der Waals surface area (Å²) >= 11 is 14.5. The molecule has 0 aliphatic rings. The summed E-state index contributed by atoms with van der Waals surface area (Å²) in [7, 11) is 1.63. The molecule has 0 bridgehead atoms. The Kier molecular flexibility index (Phi) is 11.8. The zero-order chi connectivity index (χ0) is 27.5. The first kappa shape index (κ1) is 29.9. The van der Waals surface area contributed by atoms with Gasteiger partial charge >= 0.3 is 0 Å². The zero-order valence-electron chi connectivity index (χ0n) is 22.0. The van der Waals surface area contributed by atoms with Gasteiger partial charge in [0, 0.05) is 40.4 Å². The van der Waals surface area contributed by atoms with Crippen molar-refractivity contribution < 1.29 is 14.3 Å². The number of carbonyl (C=O) groups excluding carboxylic acids is 2. The Morgan fingerprint density at radius 1 is 0.947 bits per heavy atom. The molecule has 0 spiro atoms. The Labute approximate surface area is 239 Å². The molecule has 3 aromatic rings. The van der Waals surface area contributed by atoms with Crippen molar-refractivity contribution in [2.45, 2.75) is 51.1 Å². The predicted molar refractivity (Wildman–Crippen MR) is 158 cm³/mol. The number of ether oxygens (including phenoxy) is 1. The summed E-state index contributed by atoms with van der Waals surface area (Å²) in [6.45, 7) is 4.10. The predicted octanol–water partition coefficient (Wildman–Crippen LogP) is 6.79. The third-order valence-corrected chi connectivity index (χ3v) is 8.01. The molecule has 0 aliphatic heterocycles. The van der Waals surface area contributed by atoms with E-state index >= 15 is 0 Å². The van der Waals surface area contributed by atoms with E-state index in [1.165, 1.54) is 11.8 Å². The van der Waals surface area contributed by atoms with E-state index in [2.05, 4.69) is 5.32 Å². The molecule has 2 amide bonds. The van der Waals surface area contributed by atoms with E-state index in [9.17, 15) is 9.59 Å². The lowest BCUT2D eigenvalue weighted by Gasteiger charge is -2.32. The van der Waals surface area contributed by atoms with Crippen LogP contribution in [-0.2, 0) is 28.3 Å². The zero-order valence-corrected chi connectivity index (χ0v) is 24.3. The van der Waals surface area contributed by atoms with Gasteiger partial charge in [-0.15, -0.1) is 11.8 Å². The first-order chi connectivity index (χ1) is 18.3. The van der Waals surface area contributed by atoms with Crippen molar-refractivity contribution in [1.82, 2.24) is 10.2 Å². The van der Waals surface area contributed by atoms with E-state index in [1.54, 1.807) is 30.2 Å². The van der Waals surface area contributed by atoms with E-state index in [0.717, 1.165) is 23.3 Å². The molecule has 0 aliphatic carbocycles. The molecule has 38 heavy (non-hydrogen) atoms. The standard InChI is InChI=1S/C30H34Cl2N2O3S/c1-4-21(2)33-30(36)28(17-22-9-6-5-7-10-22)34(18-25-26(31)11-8-12-27(25)32)29(35)20-38-19-23-13-15-24(37-3)16-14-23/h5-16,21,28H,4,17-20H2,1-3H3,(H,33,36)/t21-,28-/m1/s1. The summed E-state index contributed by atoms with van der Waals surface area (Å²) in [5.41, 5.74) is 2.67. The van der Waals surface area contributed by atoms with E-state index in [-0.39, 0.29) is 30.2 Å². The molecule has 3 aromatic carbocycles. The molecule has 5 nitrogen and oxygen atoms in total. The smallest absolute Gasteiger partial charge is 0.243 e. The number of methoxy groups -OCH3 is 1. The monoisotopic (exact) mass is 572 g/mol. The van der Waals surface area contributed by atoms with Crippen LogP contribution >= 0.6 is 35.0 Å². The number of halogens is 2. The summed E-state index contributed by atoms with van der Waals surface area (Å²) in [4.78, 5) is 29.0. The van der Waals surface area contributed by atoms with Crippen LogP contribution in [0.3, 0.4) is 0 Å². The number of thioether (sulfide) groups is 1. The fraction of sp³-hybridized carbons (Fsp3) is 0.333. The number of hydrogen-bond donors (Lipinski definition) is 1. The average Bonchev–Trinajstić information content (AvgIpc) is 2.92.